The van der Waals surface area contributed by atoms with E-state index in [0.29, 0.717) is 30.5 Å². The van der Waals surface area contributed by atoms with Crippen molar-refractivity contribution < 1.29 is 4.79 Å². The molecule has 0 spiro atoms. The van der Waals surface area contributed by atoms with Gasteiger partial charge >= 0.3 is 0 Å². The second kappa shape index (κ2) is 6.71. The van der Waals surface area contributed by atoms with Crippen molar-refractivity contribution >= 4 is 5.91 Å². The summed E-state index contributed by atoms with van der Waals surface area (Å²) in [5, 5.41) is 3.29. The van der Waals surface area contributed by atoms with Crippen molar-refractivity contribution in [3.8, 4) is 0 Å². The van der Waals surface area contributed by atoms with Crippen LogP contribution < -0.4 is 11.1 Å². The van der Waals surface area contributed by atoms with Gasteiger partial charge in [0.15, 0.2) is 0 Å². The quantitative estimate of drug-likeness (QED) is 0.790. The summed E-state index contributed by atoms with van der Waals surface area (Å²) in [7, 11) is 2.01. The van der Waals surface area contributed by atoms with Crippen molar-refractivity contribution in [1.82, 2.24) is 10.2 Å². The lowest BCUT2D eigenvalue weighted by Gasteiger charge is -2.45. The summed E-state index contributed by atoms with van der Waals surface area (Å²) in [5.41, 5.74) is 6.12. The van der Waals surface area contributed by atoms with Gasteiger partial charge in [-0.1, -0.05) is 13.3 Å². The summed E-state index contributed by atoms with van der Waals surface area (Å²) in [6, 6.07) is 0.738. The second-order valence-electron chi connectivity index (χ2n) is 6.51. The molecule has 0 aromatic carbocycles. The molecule has 2 aliphatic rings. The maximum absolute atomic E-state index is 12.1. The van der Waals surface area contributed by atoms with Crippen LogP contribution in [0.4, 0.5) is 0 Å². The summed E-state index contributed by atoms with van der Waals surface area (Å²) in [5.74, 6) is 1.42. The van der Waals surface area contributed by atoms with E-state index in [4.69, 9.17) is 5.73 Å². The normalized spacial score (nSPS) is 34.3. The van der Waals surface area contributed by atoms with Gasteiger partial charge in [-0.3, -0.25) is 9.69 Å². The fraction of sp³-hybridized carbons (Fsp3) is 0.933. The van der Waals surface area contributed by atoms with Crippen LogP contribution in [-0.4, -0.2) is 43.0 Å². The van der Waals surface area contributed by atoms with E-state index in [9.17, 15) is 4.79 Å². The number of fused-ring (bicyclic) bond motifs is 2. The lowest BCUT2D eigenvalue weighted by atomic mass is 9.67. The Morgan fingerprint density at radius 1 is 1.32 bits per heavy atom. The van der Waals surface area contributed by atoms with Crippen molar-refractivity contribution in [3.63, 3.8) is 0 Å². The average Bonchev–Trinajstić information content (AvgIpc) is 2.30. The van der Waals surface area contributed by atoms with E-state index in [-0.39, 0.29) is 5.91 Å². The van der Waals surface area contributed by atoms with Gasteiger partial charge in [0.1, 0.15) is 0 Å². The van der Waals surface area contributed by atoms with E-state index < -0.39 is 0 Å². The van der Waals surface area contributed by atoms with Crippen molar-refractivity contribution in [2.24, 2.45) is 17.6 Å². The van der Waals surface area contributed by atoms with Gasteiger partial charge < -0.3 is 11.1 Å². The van der Waals surface area contributed by atoms with Crippen molar-refractivity contribution in [2.45, 2.75) is 57.5 Å². The van der Waals surface area contributed by atoms with Gasteiger partial charge in [0.2, 0.25) is 5.91 Å². The number of carbonyl (C=O) groups is 1. The van der Waals surface area contributed by atoms with Crippen LogP contribution in [0.2, 0.25) is 0 Å². The fourth-order valence-electron chi connectivity index (χ4n) is 3.96. The van der Waals surface area contributed by atoms with Crippen LogP contribution in [0, 0.1) is 11.8 Å². The van der Waals surface area contributed by atoms with Crippen LogP contribution in [-0.2, 0) is 4.79 Å². The molecule has 2 rings (SSSR count). The zero-order valence-electron chi connectivity index (χ0n) is 12.4. The van der Waals surface area contributed by atoms with Crippen LogP contribution in [0.5, 0.6) is 0 Å². The zero-order chi connectivity index (χ0) is 13.8. The Morgan fingerprint density at radius 2 is 1.95 bits per heavy atom. The Hall–Kier alpha value is -0.610. The lowest BCUT2D eigenvalue weighted by molar-refractivity contribution is -0.124. The van der Waals surface area contributed by atoms with Gasteiger partial charge in [-0.05, 0) is 57.5 Å². The Kier molecular flexibility index (Phi) is 5.22. The molecule has 4 heteroatoms. The van der Waals surface area contributed by atoms with E-state index in [1.807, 2.05) is 7.05 Å². The molecule has 0 aliphatic heterocycles. The van der Waals surface area contributed by atoms with Crippen molar-refractivity contribution in [1.29, 1.82) is 0 Å². The Labute approximate surface area is 117 Å². The Morgan fingerprint density at radius 3 is 2.53 bits per heavy atom. The maximum Gasteiger partial charge on any atom is 0.234 e. The monoisotopic (exact) mass is 267 g/mol. The molecule has 2 bridgehead atoms. The molecule has 2 aliphatic carbocycles. The van der Waals surface area contributed by atoms with Crippen molar-refractivity contribution in [3.05, 3.63) is 0 Å². The highest BCUT2D eigenvalue weighted by Gasteiger charge is 2.39. The van der Waals surface area contributed by atoms with Crippen molar-refractivity contribution in [2.75, 3.05) is 20.1 Å². The number of hydrogen-bond acceptors (Lipinski definition) is 3. The van der Waals surface area contributed by atoms with Crippen LogP contribution >= 0.6 is 0 Å². The highest BCUT2D eigenvalue weighted by Crippen LogP contribution is 2.39. The van der Waals surface area contributed by atoms with Gasteiger partial charge in [-0.25, -0.2) is 0 Å². The predicted octanol–water partition coefficient (Wildman–Crippen LogP) is 1.35. The summed E-state index contributed by atoms with van der Waals surface area (Å²) in [4.78, 5) is 14.2. The lowest BCUT2D eigenvalue weighted by Crippen LogP contribution is -2.55. The predicted molar refractivity (Wildman–Crippen MR) is 77.8 cm³/mol. The largest absolute Gasteiger partial charge is 0.352 e. The summed E-state index contributed by atoms with van der Waals surface area (Å²) in [6.45, 7) is 3.65. The van der Waals surface area contributed by atoms with Crippen LogP contribution in [0.3, 0.4) is 0 Å². The molecular weight excluding hydrogens is 238 g/mol. The van der Waals surface area contributed by atoms with Gasteiger partial charge in [0.05, 0.1) is 6.54 Å². The first-order valence-electron chi connectivity index (χ1n) is 7.83. The third-order valence-electron chi connectivity index (χ3n) is 4.72. The third-order valence-corrected chi connectivity index (χ3v) is 4.72. The molecule has 2 atom stereocenters. The minimum absolute atomic E-state index is 0.188. The summed E-state index contributed by atoms with van der Waals surface area (Å²) in [6.07, 6.45) is 7.05. The number of rotatable bonds is 5. The number of nitrogens with one attached hydrogen (secondary N) is 1. The number of nitrogens with zero attached hydrogens (tertiary/aromatic N) is 1. The standard InChI is InChI=1S/C15H29N3O/c1-3-7-18(2)10-14(19)17-15-11-5-4-6-12(15)9-13(16)8-11/h11-13,15H,3-10,16H2,1-2H3,(H,17,19). The number of nitrogens with two attached hydrogens (primary N) is 1. The number of carbonyl (C=O) groups excluding carboxylic acids is 1. The molecule has 1 amide bonds. The summed E-state index contributed by atoms with van der Waals surface area (Å²) < 4.78 is 0. The molecule has 0 radical (unpaired) electrons. The van der Waals surface area contributed by atoms with Crippen LogP contribution in [0.1, 0.15) is 45.4 Å². The number of amides is 1. The molecule has 2 saturated carbocycles. The molecule has 110 valence electrons. The SMILES string of the molecule is CCCN(C)CC(=O)NC1C2CCCC1CC(N)C2. The Bertz CT molecular complexity index is 294. The molecule has 19 heavy (non-hydrogen) atoms. The van der Waals surface area contributed by atoms with Gasteiger partial charge in [-0.2, -0.15) is 0 Å². The molecule has 0 aromatic heterocycles. The average molecular weight is 267 g/mol. The van der Waals surface area contributed by atoms with Gasteiger partial charge in [-0.15, -0.1) is 0 Å². The second-order valence-corrected chi connectivity index (χ2v) is 6.51. The highest BCUT2D eigenvalue weighted by molar-refractivity contribution is 5.78. The maximum atomic E-state index is 12.1. The number of hydrogen-bond donors (Lipinski definition) is 2. The molecular formula is C15H29N3O. The van der Waals surface area contributed by atoms with E-state index in [2.05, 4.69) is 17.1 Å². The van der Waals surface area contributed by atoms with E-state index >= 15 is 0 Å². The molecule has 2 fully saturated rings. The van der Waals surface area contributed by atoms with Crippen LogP contribution in [0.15, 0.2) is 0 Å². The van der Waals surface area contributed by atoms with Crippen LogP contribution in [0.25, 0.3) is 0 Å². The van der Waals surface area contributed by atoms with E-state index in [1.165, 1.54) is 19.3 Å². The zero-order valence-corrected chi connectivity index (χ0v) is 12.4. The first-order chi connectivity index (χ1) is 9.10. The minimum Gasteiger partial charge on any atom is -0.352 e. The molecule has 0 heterocycles. The first kappa shape index (κ1) is 14.8. The van der Waals surface area contributed by atoms with E-state index in [0.717, 1.165) is 25.8 Å². The molecule has 0 aromatic rings. The van der Waals surface area contributed by atoms with E-state index in [1.54, 1.807) is 0 Å². The first-order valence-corrected chi connectivity index (χ1v) is 7.83. The topological polar surface area (TPSA) is 58.4 Å². The van der Waals surface area contributed by atoms with Gasteiger partial charge in [0.25, 0.3) is 0 Å². The molecule has 3 N–H and O–H groups in total. The highest BCUT2D eigenvalue weighted by atomic mass is 16.2. The minimum atomic E-state index is 0.188. The number of likely N-dealkylation sites (N-methyl/N-ethyl adjacent to an activating group) is 1. The van der Waals surface area contributed by atoms with Gasteiger partial charge in [0, 0.05) is 12.1 Å². The molecule has 4 nitrogen and oxygen atoms in total. The fourth-order valence-corrected chi connectivity index (χ4v) is 3.96. The summed E-state index contributed by atoms with van der Waals surface area (Å²) >= 11 is 0. The Balaban J connectivity index is 1.86. The molecule has 0 saturated heterocycles. The smallest absolute Gasteiger partial charge is 0.234 e. The molecule has 2 unspecified atom stereocenters. The third kappa shape index (κ3) is 3.93.